The number of rotatable bonds is 8. The van der Waals surface area contributed by atoms with E-state index in [1.807, 2.05) is 18.2 Å². The highest BCUT2D eigenvalue weighted by atomic mass is 32.2. The molecule has 0 radical (unpaired) electrons. The zero-order chi connectivity index (χ0) is 22.4. The van der Waals surface area contributed by atoms with Crippen LogP contribution in [0.5, 0.6) is 0 Å². The fraction of sp³-hybridized carbons (Fsp3) is 0.182. The van der Waals surface area contributed by atoms with Crippen LogP contribution in [0.2, 0.25) is 0 Å². The molecule has 0 aliphatic rings. The van der Waals surface area contributed by atoms with Crippen LogP contribution in [0.15, 0.2) is 65.6 Å². The topological polar surface area (TPSA) is 104 Å². The minimum atomic E-state index is -3.80. The summed E-state index contributed by atoms with van der Waals surface area (Å²) in [7, 11) is -2.45. The molecule has 0 aliphatic heterocycles. The second kappa shape index (κ2) is 9.67. The van der Waals surface area contributed by atoms with E-state index in [-0.39, 0.29) is 16.7 Å². The number of hydrogen-bond donors (Lipinski definition) is 1. The number of unbranched alkanes of at least 4 members (excludes halogenated alkanes) is 1. The number of carbonyl (C=O) groups excluding carboxylic acids is 1. The van der Waals surface area contributed by atoms with Crippen molar-refractivity contribution in [3.63, 3.8) is 0 Å². The smallest absolute Gasteiger partial charge is 0.305 e. The quantitative estimate of drug-likeness (QED) is 0.422. The van der Waals surface area contributed by atoms with Crippen molar-refractivity contribution in [2.45, 2.75) is 24.2 Å². The molecule has 0 spiro atoms. The van der Waals surface area contributed by atoms with Crippen molar-refractivity contribution in [2.75, 3.05) is 7.11 Å². The normalized spacial score (nSPS) is 11.7. The minimum absolute atomic E-state index is 0.00235. The molecule has 0 bridgehead atoms. The summed E-state index contributed by atoms with van der Waals surface area (Å²) in [6.07, 6.45) is 5.42. The summed E-state index contributed by atoms with van der Waals surface area (Å²) >= 11 is 0. The van der Waals surface area contributed by atoms with Gasteiger partial charge in [-0.15, -0.1) is 0 Å². The first-order valence-corrected chi connectivity index (χ1v) is 11.0. The molecule has 0 fully saturated rings. The highest BCUT2D eigenvalue weighted by Crippen LogP contribution is 2.25. The van der Waals surface area contributed by atoms with Crippen LogP contribution >= 0.6 is 0 Å². The fourth-order valence-electron chi connectivity index (χ4n) is 2.95. The fourth-order valence-corrected chi connectivity index (χ4v) is 3.47. The van der Waals surface area contributed by atoms with Gasteiger partial charge in [-0.3, -0.25) is 4.79 Å². The molecule has 31 heavy (non-hydrogen) atoms. The van der Waals surface area contributed by atoms with Gasteiger partial charge in [0.2, 0.25) is 10.0 Å². The number of benzene rings is 2. The maximum atomic E-state index is 13.4. The lowest BCUT2D eigenvalue weighted by Crippen LogP contribution is -2.12. The van der Waals surface area contributed by atoms with Gasteiger partial charge in [-0.2, -0.15) is 5.10 Å². The van der Waals surface area contributed by atoms with Gasteiger partial charge in [0.1, 0.15) is 5.82 Å². The Bertz CT molecular complexity index is 1180. The number of hydrogen-bond acceptors (Lipinski definition) is 5. The lowest BCUT2D eigenvalue weighted by molar-refractivity contribution is -0.140. The molecule has 0 saturated heterocycles. The lowest BCUT2D eigenvalue weighted by Gasteiger charge is -2.08. The predicted molar refractivity (Wildman–Crippen MR) is 115 cm³/mol. The number of methoxy groups -OCH3 is 1. The molecule has 0 aliphatic carbocycles. The summed E-state index contributed by atoms with van der Waals surface area (Å²) in [5.41, 5.74) is 2.73. The van der Waals surface area contributed by atoms with Gasteiger partial charge >= 0.3 is 5.97 Å². The van der Waals surface area contributed by atoms with E-state index in [0.717, 1.165) is 5.56 Å². The molecule has 1 aromatic heterocycles. The number of esters is 1. The van der Waals surface area contributed by atoms with Gasteiger partial charge < -0.3 is 4.74 Å². The van der Waals surface area contributed by atoms with Gasteiger partial charge in [-0.05, 0) is 73.5 Å². The first-order chi connectivity index (χ1) is 14.8. The second-order valence-electron chi connectivity index (χ2n) is 6.78. The van der Waals surface area contributed by atoms with Crippen LogP contribution in [0.4, 0.5) is 4.39 Å². The molecule has 0 atom stereocenters. The number of ether oxygens (including phenoxy) is 1. The van der Waals surface area contributed by atoms with Crippen molar-refractivity contribution in [1.29, 1.82) is 0 Å². The number of allylic oxidation sites excluding steroid dienone is 1. The van der Waals surface area contributed by atoms with Crippen molar-refractivity contribution in [2.24, 2.45) is 5.14 Å². The van der Waals surface area contributed by atoms with E-state index in [1.54, 1.807) is 28.9 Å². The Labute approximate surface area is 180 Å². The zero-order valence-corrected chi connectivity index (χ0v) is 17.7. The summed E-state index contributed by atoms with van der Waals surface area (Å²) in [4.78, 5) is 11.2. The average Bonchev–Trinajstić information content (AvgIpc) is 3.17. The van der Waals surface area contributed by atoms with Crippen molar-refractivity contribution in [3.8, 4) is 16.9 Å². The third-order valence-electron chi connectivity index (χ3n) is 4.55. The third-order valence-corrected chi connectivity index (χ3v) is 5.48. The lowest BCUT2D eigenvalue weighted by atomic mass is 10.1. The molecule has 3 aromatic rings. The minimum Gasteiger partial charge on any atom is -0.469 e. The average molecular weight is 444 g/mol. The van der Waals surface area contributed by atoms with Gasteiger partial charge in [0, 0.05) is 12.0 Å². The van der Waals surface area contributed by atoms with Crippen LogP contribution in [-0.4, -0.2) is 31.3 Å². The van der Waals surface area contributed by atoms with E-state index in [4.69, 9.17) is 5.14 Å². The Morgan fingerprint density at radius 1 is 1.16 bits per heavy atom. The van der Waals surface area contributed by atoms with E-state index in [0.29, 0.717) is 36.3 Å². The Balaban J connectivity index is 1.91. The van der Waals surface area contributed by atoms with Crippen LogP contribution in [0.25, 0.3) is 23.0 Å². The molecule has 2 N–H and O–H groups in total. The van der Waals surface area contributed by atoms with Crippen molar-refractivity contribution in [1.82, 2.24) is 9.78 Å². The molecule has 162 valence electrons. The Hall–Kier alpha value is -3.30. The largest absolute Gasteiger partial charge is 0.469 e. The van der Waals surface area contributed by atoms with Gasteiger partial charge in [0.15, 0.2) is 0 Å². The highest BCUT2D eigenvalue weighted by Gasteiger charge is 2.13. The van der Waals surface area contributed by atoms with Crippen molar-refractivity contribution >= 4 is 22.1 Å². The number of nitrogens with two attached hydrogens (primary N) is 1. The zero-order valence-electron chi connectivity index (χ0n) is 16.9. The van der Waals surface area contributed by atoms with E-state index in [2.05, 4.69) is 9.84 Å². The van der Waals surface area contributed by atoms with E-state index >= 15 is 0 Å². The van der Waals surface area contributed by atoms with E-state index in [1.165, 1.54) is 31.4 Å². The van der Waals surface area contributed by atoms with Crippen LogP contribution in [-0.2, 0) is 19.6 Å². The number of halogens is 1. The van der Waals surface area contributed by atoms with Gasteiger partial charge in [-0.1, -0.05) is 6.08 Å². The molecule has 9 heteroatoms. The number of aromatic nitrogens is 2. The van der Waals surface area contributed by atoms with Gasteiger partial charge in [0.05, 0.1) is 29.1 Å². The molecule has 0 unspecified atom stereocenters. The summed E-state index contributed by atoms with van der Waals surface area (Å²) in [5.74, 6) is -0.600. The maximum absolute atomic E-state index is 13.4. The standard InChI is InChI=1S/C22H22FN3O4S/c1-30-22(27)6-4-2-3-5-18-15-21(16-7-9-17(23)10-8-16)26(25-18)19-11-13-20(14-12-19)31(24,28)29/h3,5,7-15H,2,4,6H2,1H3,(H2,24,28,29)/b5-3+. The summed E-state index contributed by atoms with van der Waals surface area (Å²) in [6, 6.07) is 13.9. The first kappa shape index (κ1) is 22.4. The molecule has 2 aromatic carbocycles. The summed E-state index contributed by atoms with van der Waals surface area (Å²) in [5, 5.41) is 9.75. The van der Waals surface area contributed by atoms with Gasteiger partial charge in [0.25, 0.3) is 0 Å². The molecule has 7 nitrogen and oxygen atoms in total. The van der Waals surface area contributed by atoms with Crippen LogP contribution < -0.4 is 5.14 Å². The second-order valence-corrected chi connectivity index (χ2v) is 8.34. The van der Waals surface area contributed by atoms with E-state index in [9.17, 15) is 17.6 Å². The number of carbonyl (C=O) groups is 1. The maximum Gasteiger partial charge on any atom is 0.305 e. The van der Waals surface area contributed by atoms with Crippen LogP contribution in [0.1, 0.15) is 25.0 Å². The number of sulfonamides is 1. The Kier molecular flexibility index (Phi) is 6.98. The Morgan fingerprint density at radius 3 is 2.45 bits per heavy atom. The van der Waals surface area contributed by atoms with Crippen LogP contribution in [0, 0.1) is 5.82 Å². The van der Waals surface area contributed by atoms with Crippen molar-refractivity contribution in [3.05, 3.63) is 72.2 Å². The molecular formula is C22H22FN3O4S. The molecule has 1 heterocycles. The molecule has 0 saturated carbocycles. The Morgan fingerprint density at radius 2 is 1.84 bits per heavy atom. The number of nitrogens with zero attached hydrogens (tertiary/aromatic N) is 2. The highest BCUT2D eigenvalue weighted by molar-refractivity contribution is 7.89. The van der Waals surface area contributed by atoms with Crippen molar-refractivity contribution < 1.29 is 22.3 Å². The number of primary sulfonamides is 1. The molecular weight excluding hydrogens is 421 g/mol. The predicted octanol–water partition coefficient (Wildman–Crippen LogP) is 3.68. The van der Waals surface area contributed by atoms with E-state index < -0.39 is 10.0 Å². The first-order valence-electron chi connectivity index (χ1n) is 9.50. The SMILES string of the molecule is COC(=O)CCC/C=C/c1cc(-c2ccc(F)cc2)n(-c2ccc(S(N)(=O)=O)cc2)n1. The third kappa shape index (κ3) is 5.87. The van der Waals surface area contributed by atoms with Crippen LogP contribution in [0.3, 0.4) is 0 Å². The summed E-state index contributed by atoms with van der Waals surface area (Å²) < 4.78 is 42.7. The monoisotopic (exact) mass is 443 g/mol. The summed E-state index contributed by atoms with van der Waals surface area (Å²) in [6.45, 7) is 0. The van der Waals surface area contributed by atoms with Gasteiger partial charge in [-0.25, -0.2) is 22.6 Å². The molecule has 3 rings (SSSR count). The molecule has 0 amide bonds.